The Labute approximate surface area is 248 Å². The fourth-order valence-corrected chi connectivity index (χ4v) is 6.73. The molecule has 1 unspecified atom stereocenters. The van der Waals surface area contributed by atoms with Crippen LogP contribution in [0.2, 0.25) is 0 Å². The number of nitrogens with zero attached hydrogens (tertiary/aromatic N) is 1. The van der Waals surface area contributed by atoms with Crippen LogP contribution in [0.3, 0.4) is 0 Å². The molecule has 4 aliphatic rings. The molecule has 11 N–H and O–H groups in total. The average Bonchev–Trinajstić information content (AvgIpc) is 3.44. The molecule has 6 rings (SSSR count). The first-order valence-electron chi connectivity index (χ1n) is 14.2. The van der Waals surface area contributed by atoms with Gasteiger partial charge in [0.25, 0.3) is 23.3 Å². The van der Waals surface area contributed by atoms with Crippen LogP contribution in [-0.4, -0.2) is 94.9 Å². The Balaban J connectivity index is 1.26. The lowest BCUT2D eigenvalue weighted by atomic mass is 9.79. The van der Waals surface area contributed by atoms with Gasteiger partial charge in [0.05, 0.1) is 37.9 Å². The number of carbonyl (C=O) groups excluding carboxylic acids is 2. The summed E-state index contributed by atoms with van der Waals surface area (Å²) in [5.41, 5.74) is 12.3. The van der Waals surface area contributed by atoms with E-state index in [0.29, 0.717) is 29.2 Å². The van der Waals surface area contributed by atoms with Crippen LogP contribution in [0.15, 0.2) is 42.5 Å². The minimum atomic E-state index is -2.58. The summed E-state index contributed by atoms with van der Waals surface area (Å²) in [5, 5.41) is 35.4. The first kappa shape index (κ1) is 28.6. The summed E-state index contributed by atoms with van der Waals surface area (Å²) in [4.78, 5) is 29.7. The topological polar surface area (TPSA) is 210 Å². The van der Waals surface area contributed by atoms with Crippen molar-refractivity contribution in [3.63, 3.8) is 0 Å². The summed E-state index contributed by atoms with van der Waals surface area (Å²) in [6.07, 6.45) is 0.808. The number of nitrogens with one attached hydrogen (secondary N) is 5. The lowest BCUT2D eigenvalue weighted by Crippen LogP contribution is -2.92. The minimum absolute atomic E-state index is 0.0379. The molecular weight excluding hydrogens is 556 g/mol. The number of benzene rings is 2. The highest BCUT2D eigenvalue weighted by atomic mass is 16.5. The highest BCUT2D eigenvalue weighted by Crippen LogP contribution is 2.41. The molecule has 43 heavy (non-hydrogen) atoms. The van der Waals surface area contributed by atoms with Crippen LogP contribution in [-0.2, 0) is 5.41 Å². The van der Waals surface area contributed by atoms with E-state index in [1.54, 1.807) is 36.4 Å². The molecule has 1 fully saturated rings. The maximum Gasteiger partial charge on any atom is 0.347 e. The Kier molecular flexibility index (Phi) is 6.65. The first-order chi connectivity index (χ1) is 20.4. The molecule has 1 spiro atoms. The Morgan fingerprint density at radius 2 is 1.88 bits per heavy atom. The molecule has 14 heteroatoms. The summed E-state index contributed by atoms with van der Waals surface area (Å²) in [6.45, 7) is 4.63. The van der Waals surface area contributed by atoms with Crippen molar-refractivity contribution in [2.75, 3.05) is 26.8 Å². The van der Waals surface area contributed by atoms with Gasteiger partial charge in [-0.3, -0.25) is 31.4 Å². The molecule has 4 atom stereocenters. The molecule has 4 aliphatic heterocycles. The summed E-state index contributed by atoms with van der Waals surface area (Å²) in [6, 6.07) is 9.55. The zero-order chi connectivity index (χ0) is 30.7. The van der Waals surface area contributed by atoms with Gasteiger partial charge in [-0.25, -0.2) is 9.89 Å². The predicted octanol–water partition coefficient (Wildman–Crippen LogP) is -3.66. The summed E-state index contributed by atoms with van der Waals surface area (Å²) < 4.78 is 12.7. The maximum atomic E-state index is 13.6. The molecule has 0 bridgehead atoms. The van der Waals surface area contributed by atoms with E-state index in [1.165, 1.54) is 11.7 Å². The molecule has 14 nitrogen and oxygen atoms in total. The molecule has 0 radical (unpaired) electrons. The Morgan fingerprint density at radius 1 is 1.14 bits per heavy atom. The lowest BCUT2D eigenvalue weighted by Gasteiger charge is -2.41. The van der Waals surface area contributed by atoms with Crippen LogP contribution in [0.1, 0.15) is 46.5 Å². The van der Waals surface area contributed by atoms with Gasteiger partial charge in [-0.2, -0.15) is 0 Å². The third kappa shape index (κ3) is 4.31. The predicted molar refractivity (Wildman–Crippen MR) is 154 cm³/mol. The van der Waals surface area contributed by atoms with E-state index in [2.05, 4.69) is 40.1 Å². The summed E-state index contributed by atoms with van der Waals surface area (Å²) >= 11 is 0. The number of fused-ring (bicyclic) bond motifs is 1. The molecule has 1 saturated heterocycles. The van der Waals surface area contributed by atoms with Crippen molar-refractivity contribution in [3.8, 4) is 11.5 Å². The Morgan fingerprint density at radius 3 is 2.65 bits per heavy atom. The number of guanidine groups is 2. The minimum Gasteiger partial charge on any atom is -0.496 e. The van der Waals surface area contributed by atoms with Gasteiger partial charge in [0.1, 0.15) is 23.6 Å². The third-order valence-electron chi connectivity index (χ3n) is 9.05. The number of para-hydroxylation sites is 2. The zero-order valence-corrected chi connectivity index (χ0v) is 24.2. The number of hydrogen-bond donors (Lipinski definition) is 9. The van der Waals surface area contributed by atoms with Crippen LogP contribution in [0.5, 0.6) is 11.5 Å². The number of ether oxygens (including phenoxy) is 2. The smallest absolute Gasteiger partial charge is 0.347 e. The lowest BCUT2D eigenvalue weighted by molar-refractivity contribution is -0.674. The molecule has 4 heterocycles. The van der Waals surface area contributed by atoms with Crippen molar-refractivity contribution in [3.05, 3.63) is 59.2 Å². The van der Waals surface area contributed by atoms with E-state index in [-0.39, 0.29) is 36.3 Å². The van der Waals surface area contributed by atoms with Crippen LogP contribution in [0.25, 0.3) is 0 Å². The molecule has 0 aliphatic carbocycles. The van der Waals surface area contributed by atoms with Crippen LogP contribution in [0.4, 0.5) is 0 Å². The van der Waals surface area contributed by atoms with Crippen molar-refractivity contribution < 1.29 is 38.8 Å². The molecule has 2 aromatic carbocycles. The van der Waals surface area contributed by atoms with Crippen molar-refractivity contribution in [1.82, 2.24) is 21.3 Å². The fourth-order valence-electron chi connectivity index (χ4n) is 6.73. The number of amides is 2. The number of carbonyl (C=O) groups is 2. The number of nitrogens with two attached hydrogens (primary N) is 2. The SMILES string of the molecule is COc1ccccc1C(=O)NC[C@@H]1NC(N)=[N+]2CC(NC(=O)c3cccc4c3OCCC4(C)C)C(O)(O)[C@@]23NC(N)=[NH+][C@@H]13. The van der Waals surface area contributed by atoms with Gasteiger partial charge in [-0.1, -0.05) is 38.1 Å². The van der Waals surface area contributed by atoms with Gasteiger partial charge in [-0.05, 0) is 30.0 Å². The third-order valence-corrected chi connectivity index (χ3v) is 9.05. The second kappa shape index (κ2) is 10.0. The standard InChI is InChI=1S/C29H36N8O6/c1-27(2)11-12-43-21-16(8-6-9-17(21)27)24(39)34-20-14-37-26(31)33-18(22-28(37,29(20,40)41)36-25(30)35-22)13-32-23(38)15-7-4-5-10-19(15)42-3/h4-10,18,20,22,40-41H,11-14H2,1-3H3,(H7,30,31,32,33,34,35,36,38,39)/p+2/t18-,20?,22-,28-/m0/s1. The summed E-state index contributed by atoms with van der Waals surface area (Å²) in [7, 11) is 1.48. The van der Waals surface area contributed by atoms with E-state index >= 15 is 0 Å². The van der Waals surface area contributed by atoms with Crippen molar-refractivity contribution >= 4 is 23.7 Å². The van der Waals surface area contributed by atoms with Gasteiger partial charge >= 0.3 is 11.9 Å². The van der Waals surface area contributed by atoms with Gasteiger partial charge in [0, 0.05) is 5.56 Å². The van der Waals surface area contributed by atoms with E-state index in [4.69, 9.17) is 20.9 Å². The van der Waals surface area contributed by atoms with Gasteiger partial charge < -0.3 is 30.3 Å². The first-order valence-corrected chi connectivity index (χ1v) is 14.2. The second-order valence-corrected chi connectivity index (χ2v) is 12.0. The number of methoxy groups -OCH3 is 1. The van der Waals surface area contributed by atoms with Crippen LogP contribution >= 0.6 is 0 Å². The Bertz CT molecular complexity index is 1560. The van der Waals surface area contributed by atoms with Crippen LogP contribution in [0, 0.1) is 0 Å². The highest BCUT2D eigenvalue weighted by molar-refractivity contribution is 5.98. The summed E-state index contributed by atoms with van der Waals surface area (Å²) in [5.74, 6) is -2.38. The number of aliphatic hydroxyl groups is 2. The van der Waals surface area contributed by atoms with Crippen molar-refractivity contribution in [1.29, 1.82) is 0 Å². The fraction of sp³-hybridized carbons (Fsp3) is 0.448. The van der Waals surface area contributed by atoms with E-state index in [0.717, 1.165) is 12.0 Å². The zero-order valence-electron chi connectivity index (χ0n) is 24.2. The maximum absolute atomic E-state index is 13.6. The van der Waals surface area contributed by atoms with E-state index in [1.807, 2.05) is 6.07 Å². The molecule has 2 amide bonds. The molecule has 0 aromatic heterocycles. The highest BCUT2D eigenvalue weighted by Gasteiger charge is 2.78. The van der Waals surface area contributed by atoms with Crippen LogP contribution < -0.4 is 47.2 Å². The average molecular weight is 595 g/mol. The molecular formula is C29H38N8O6+2. The molecule has 2 aromatic rings. The molecule has 228 valence electrons. The van der Waals surface area contributed by atoms with Crippen molar-refractivity contribution in [2.24, 2.45) is 11.5 Å². The van der Waals surface area contributed by atoms with Gasteiger partial charge in [-0.15, -0.1) is 0 Å². The van der Waals surface area contributed by atoms with E-state index < -0.39 is 35.5 Å². The van der Waals surface area contributed by atoms with E-state index in [9.17, 15) is 19.8 Å². The van der Waals surface area contributed by atoms with Gasteiger partial charge in [0.2, 0.25) is 0 Å². The van der Waals surface area contributed by atoms with Gasteiger partial charge in [0.15, 0.2) is 6.04 Å². The monoisotopic (exact) mass is 594 g/mol. The quantitative estimate of drug-likeness (QED) is 0.118. The largest absolute Gasteiger partial charge is 0.496 e. The number of rotatable bonds is 6. The number of hydrogen-bond acceptors (Lipinski definition) is 10. The second-order valence-electron chi connectivity index (χ2n) is 12.0. The normalized spacial score (nSPS) is 27.7. The molecule has 0 saturated carbocycles. The van der Waals surface area contributed by atoms with Crippen molar-refractivity contribution in [2.45, 2.75) is 55.3 Å². The Hall–Kier alpha value is -4.56.